The van der Waals surface area contributed by atoms with Gasteiger partial charge < -0.3 is 0 Å². The first kappa shape index (κ1) is 22.1. The van der Waals surface area contributed by atoms with Crippen LogP contribution in [0.25, 0.3) is 0 Å². The van der Waals surface area contributed by atoms with E-state index in [0.717, 1.165) is 51.8 Å². The third kappa shape index (κ3) is 7.10. The molecule has 0 saturated heterocycles. The molecule has 0 unspecified atom stereocenters. The van der Waals surface area contributed by atoms with Crippen molar-refractivity contribution >= 4 is 22.2 Å². The molecule has 1 nitrogen and oxygen atoms in total. The van der Waals surface area contributed by atoms with Gasteiger partial charge in [-0.1, -0.05) is 0 Å². The molecule has 0 heterocycles. The molecule has 0 bridgehead atoms. The second-order valence-corrected chi connectivity index (χ2v) is 19.6. The van der Waals surface area contributed by atoms with Crippen molar-refractivity contribution in [1.82, 2.24) is 0 Å². The number of hydrogen-bond acceptors (Lipinski definition) is 1. The van der Waals surface area contributed by atoms with Crippen molar-refractivity contribution in [1.29, 1.82) is 0 Å². The number of allylic oxidation sites excluding steroid dienone is 1. The number of rotatable bonds is 13. The van der Waals surface area contributed by atoms with Crippen LogP contribution < -0.4 is 0 Å². The van der Waals surface area contributed by atoms with Gasteiger partial charge in [-0.15, -0.1) is 0 Å². The predicted octanol–water partition coefficient (Wildman–Crippen LogP) is 6.55. The summed E-state index contributed by atoms with van der Waals surface area (Å²) in [5.41, 5.74) is 0.403. The van der Waals surface area contributed by atoms with Gasteiger partial charge in [-0.2, -0.15) is 0 Å². The standard InChI is InChI=1S/C6H7F2O.3C4H9.Sn/c1-5(2)3-6(7,8)4-9;3*1-3-4-2;/h1,3H2,2H3;3*1,3-4H2,2H3;. The van der Waals surface area contributed by atoms with E-state index in [1.165, 1.54) is 0 Å². The van der Waals surface area contributed by atoms with Gasteiger partial charge in [0.2, 0.25) is 0 Å². The van der Waals surface area contributed by atoms with Gasteiger partial charge >= 0.3 is 140 Å². The van der Waals surface area contributed by atoms with Crippen molar-refractivity contribution in [2.75, 3.05) is 0 Å². The molecule has 0 fully saturated rings. The zero-order valence-electron chi connectivity index (χ0n) is 14.9. The molecular weight excluding hydrogens is 389 g/mol. The summed E-state index contributed by atoms with van der Waals surface area (Å²) in [6.07, 6.45) is 5.27. The van der Waals surface area contributed by atoms with Crippen molar-refractivity contribution in [3.8, 4) is 0 Å². The zero-order chi connectivity index (χ0) is 17.2. The molecule has 0 atom stereocenters. The molecule has 0 saturated carbocycles. The zero-order valence-corrected chi connectivity index (χ0v) is 17.8. The van der Waals surface area contributed by atoms with E-state index in [9.17, 15) is 13.6 Å². The molecule has 0 amide bonds. The SMILES string of the molecule is C=C(C)CC(F)(F)[C](=O)[Sn]([CH2]CCC)([CH2]CCC)[CH2]CCC. The molecule has 22 heavy (non-hydrogen) atoms. The Balaban J connectivity index is 5.44. The van der Waals surface area contributed by atoms with Gasteiger partial charge in [0.25, 0.3) is 0 Å². The van der Waals surface area contributed by atoms with Gasteiger partial charge in [0.05, 0.1) is 0 Å². The van der Waals surface area contributed by atoms with Crippen molar-refractivity contribution in [2.45, 2.75) is 91.9 Å². The van der Waals surface area contributed by atoms with E-state index in [1.807, 2.05) is 0 Å². The van der Waals surface area contributed by atoms with Gasteiger partial charge in [0.15, 0.2) is 0 Å². The van der Waals surface area contributed by atoms with Crippen molar-refractivity contribution in [3.05, 3.63) is 12.2 Å². The van der Waals surface area contributed by atoms with E-state index >= 15 is 0 Å². The Labute approximate surface area is 139 Å². The summed E-state index contributed by atoms with van der Waals surface area (Å²) in [5, 5.41) is 0. The van der Waals surface area contributed by atoms with Crippen molar-refractivity contribution in [3.63, 3.8) is 0 Å². The van der Waals surface area contributed by atoms with E-state index in [0.29, 0.717) is 5.57 Å². The maximum absolute atomic E-state index is 14.5. The summed E-state index contributed by atoms with van der Waals surface area (Å²) in [6.45, 7) is 11.4. The summed E-state index contributed by atoms with van der Waals surface area (Å²) >= 11 is -3.49. The van der Waals surface area contributed by atoms with Crippen molar-refractivity contribution in [2.24, 2.45) is 0 Å². The number of halogens is 2. The molecule has 4 heteroatoms. The van der Waals surface area contributed by atoms with E-state index in [4.69, 9.17) is 0 Å². The molecule has 0 aromatic heterocycles. The van der Waals surface area contributed by atoms with Crippen LogP contribution in [0.5, 0.6) is 0 Å². The molecule has 0 rings (SSSR count). The molecule has 0 aromatic rings. The number of carbonyl (C=O) groups excluding carboxylic acids is 1. The molecule has 130 valence electrons. The second kappa shape index (κ2) is 10.8. The van der Waals surface area contributed by atoms with Crippen LogP contribution in [-0.4, -0.2) is 28.1 Å². The van der Waals surface area contributed by atoms with Crippen LogP contribution in [0.15, 0.2) is 12.2 Å². The first-order valence-electron chi connectivity index (χ1n) is 8.82. The van der Waals surface area contributed by atoms with Gasteiger partial charge in [-0.3, -0.25) is 0 Å². The van der Waals surface area contributed by atoms with Crippen molar-refractivity contribution < 1.29 is 13.6 Å². The first-order valence-corrected chi connectivity index (χ1v) is 16.3. The van der Waals surface area contributed by atoms with Crippen LogP contribution in [-0.2, 0) is 4.79 Å². The molecule has 0 N–H and O–H groups in total. The fourth-order valence-electron chi connectivity index (χ4n) is 3.11. The summed E-state index contributed by atoms with van der Waals surface area (Å²) in [4.78, 5) is 12.8. The summed E-state index contributed by atoms with van der Waals surface area (Å²) < 4.78 is 30.8. The topological polar surface area (TPSA) is 17.1 Å². The Morgan fingerprint density at radius 1 is 0.955 bits per heavy atom. The van der Waals surface area contributed by atoms with E-state index in [1.54, 1.807) is 6.92 Å². The van der Waals surface area contributed by atoms with Crippen LogP contribution in [0.4, 0.5) is 8.78 Å². The predicted molar refractivity (Wildman–Crippen MR) is 94.3 cm³/mol. The Morgan fingerprint density at radius 3 is 1.59 bits per heavy atom. The van der Waals surface area contributed by atoms with Gasteiger partial charge in [0, 0.05) is 0 Å². The van der Waals surface area contributed by atoms with Gasteiger partial charge in [-0.25, -0.2) is 0 Å². The molecule has 0 aromatic carbocycles. The van der Waals surface area contributed by atoms with E-state index < -0.39 is 34.5 Å². The Hall–Kier alpha value is 0.0687. The Kier molecular flexibility index (Phi) is 10.8. The third-order valence-electron chi connectivity index (χ3n) is 4.36. The van der Waals surface area contributed by atoms with Gasteiger partial charge in [0.1, 0.15) is 0 Å². The number of unbranched alkanes of at least 4 members (excludes halogenated alkanes) is 3. The van der Waals surface area contributed by atoms with Crippen LogP contribution in [0.2, 0.25) is 13.3 Å². The minimum absolute atomic E-state index is 0.403. The molecule has 0 aliphatic carbocycles. The maximum atomic E-state index is 14.5. The summed E-state index contributed by atoms with van der Waals surface area (Å²) in [5.74, 6) is -3.18. The fraction of sp³-hybridized carbons (Fsp3) is 0.833. The van der Waals surface area contributed by atoms with Crippen LogP contribution in [0.3, 0.4) is 0 Å². The molecular formula is C18H34F2OSn. The average Bonchev–Trinajstić information content (AvgIpc) is 2.45. The summed E-state index contributed by atoms with van der Waals surface area (Å²) in [7, 11) is 0. The third-order valence-corrected chi connectivity index (χ3v) is 19.4. The minimum atomic E-state index is -3.49. The fourth-order valence-corrected chi connectivity index (χ4v) is 18.5. The second-order valence-electron chi connectivity index (χ2n) is 6.76. The Bertz CT molecular complexity index is 331. The molecule has 0 spiro atoms. The normalized spacial score (nSPS) is 12.5. The van der Waals surface area contributed by atoms with Gasteiger partial charge in [-0.05, 0) is 0 Å². The molecule has 0 aliphatic heterocycles. The van der Waals surface area contributed by atoms with Crippen LogP contribution >= 0.6 is 0 Å². The number of hydrogen-bond donors (Lipinski definition) is 0. The van der Waals surface area contributed by atoms with Crippen LogP contribution in [0, 0.1) is 0 Å². The quantitative estimate of drug-likeness (QED) is 0.243. The monoisotopic (exact) mass is 424 g/mol. The van der Waals surface area contributed by atoms with E-state index in [-0.39, 0.29) is 0 Å². The average molecular weight is 423 g/mol. The number of alkyl halides is 2. The Morgan fingerprint density at radius 2 is 1.32 bits per heavy atom. The van der Waals surface area contributed by atoms with Crippen LogP contribution in [0.1, 0.15) is 72.6 Å². The van der Waals surface area contributed by atoms with E-state index in [2.05, 4.69) is 27.4 Å². The molecule has 0 radical (unpaired) electrons. The molecule has 0 aliphatic rings. The first-order chi connectivity index (χ1) is 10.3. The summed E-state index contributed by atoms with van der Waals surface area (Å²) in [6, 6.07) is 0. The number of carbonyl (C=O) groups is 1.